The molecule has 4 rings (SSSR count). The molecule has 0 unspecified atom stereocenters. The van der Waals surface area contributed by atoms with Gasteiger partial charge in [-0.05, 0) is 33.6 Å². The van der Waals surface area contributed by atoms with E-state index in [2.05, 4.69) is 35.9 Å². The van der Waals surface area contributed by atoms with E-state index < -0.39 is 0 Å². The first-order valence-electron chi connectivity index (χ1n) is 8.18. The number of nitrogens with zero attached hydrogens (tertiary/aromatic N) is 5. The van der Waals surface area contributed by atoms with Crippen LogP contribution in [-0.4, -0.2) is 39.2 Å². The number of allylic oxidation sites excluding steroid dienone is 1. The Hall–Kier alpha value is -2.80. The lowest BCUT2D eigenvalue weighted by molar-refractivity contribution is 0.0945. The molecule has 1 aliphatic rings. The van der Waals surface area contributed by atoms with E-state index in [0.717, 1.165) is 21.4 Å². The molecule has 1 aromatic carbocycles. The number of rotatable bonds is 4. The fourth-order valence-electron chi connectivity index (χ4n) is 2.99. The molecule has 0 saturated carbocycles. The largest absolute Gasteiger partial charge is 0.368 e. The molecule has 0 amide bonds. The minimum atomic E-state index is -0.158. The standard InChI is InChI=1S/C19H16BrN5O/c1-24(15-8-5-9-21-18(15)20)12-13-10-16-22-19(14-6-3-2-4-7-14)23-25(16)17(26)11-13/h2-9,11H,10,12H2,1H3. The minimum Gasteiger partial charge on any atom is -0.368 e. The highest BCUT2D eigenvalue weighted by Gasteiger charge is 2.23. The predicted molar refractivity (Wildman–Crippen MR) is 103 cm³/mol. The van der Waals surface area contributed by atoms with Crippen molar-refractivity contribution in [1.29, 1.82) is 0 Å². The van der Waals surface area contributed by atoms with Gasteiger partial charge in [0.15, 0.2) is 5.82 Å². The van der Waals surface area contributed by atoms with Crippen molar-refractivity contribution in [2.45, 2.75) is 6.42 Å². The number of anilines is 1. The van der Waals surface area contributed by atoms with E-state index in [9.17, 15) is 4.79 Å². The molecule has 0 bridgehead atoms. The molecule has 26 heavy (non-hydrogen) atoms. The number of halogens is 1. The first-order valence-corrected chi connectivity index (χ1v) is 8.98. The Morgan fingerprint density at radius 1 is 1.19 bits per heavy atom. The Morgan fingerprint density at radius 3 is 2.77 bits per heavy atom. The average Bonchev–Trinajstić information content (AvgIpc) is 3.07. The Kier molecular flexibility index (Phi) is 4.38. The lowest BCUT2D eigenvalue weighted by Gasteiger charge is -2.23. The lowest BCUT2D eigenvalue weighted by atomic mass is 10.1. The maximum Gasteiger partial charge on any atom is 0.272 e. The van der Waals surface area contributed by atoms with Crippen LogP contribution in [0.25, 0.3) is 11.4 Å². The third-order valence-corrected chi connectivity index (χ3v) is 4.83. The van der Waals surface area contributed by atoms with Crippen molar-refractivity contribution in [3.8, 4) is 11.4 Å². The number of hydrogen-bond donors (Lipinski definition) is 0. The van der Waals surface area contributed by atoms with E-state index in [1.807, 2.05) is 49.5 Å². The van der Waals surface area contributed by atoms with Crippen LogP contribution in [-0.2, 0) is 6.42 Å². The number of hydrogen-bond acceptors (Lipinski definition) is 5. The van der Waals surface area contributed by atoms with Gasteiger partial charge in [-0.15, -0.1) is 5.10 Å². The second-order valence-corrected chi connectivity index (χ2v) is 6.87. The van der Waals surface area contributed by atoms with Gasteiger partial charge in [-0.3, -0.25) is 4.79 Å². The Bertz CT molecular complexity index is 996. The normalized spacial score (nSPS) is 13.3. The van der Waals surface area contributed by atoms with Gasteiger partial charge < -0.3 is 4.90 Å². The SMILES string of the molecule is CN(CC1=CC(=O)n2nc(-c3ccccc3)nc2C1)c1cccnc1Br. The van der Waals surface area contributed by atoms with Gasteiger partial charge in [0.25, 0.3) is 5.91 Å². The first-order chi connectivity index (χ1) is 12.6. The van der Waals surface area contributed by atoms with Crippen LogP contribution in [0.4, 0.5) is 5.69 Å². The molecular formula is C19H16BrN5O. The molecule has 3 heterocycles. The van der Waals surface area contributed by atoms with Crippen LogP contribution >= 0.6 is 15.9 Å². The van der Waals surface area contributed by atoms with Crippen molar-refractivity contribution in [2.24, 2.45) is 0 Å². The lowest BCUT2D eigenvalue weighted by Crippen LogP contribution is -2.27. The van der Waals surface area contributed by atoms with Crippen molar-refractivity contribution in [1.82, 2.24) is 19.7 Å². The summed E-state index contributed by atoms with van der Waals surface area (Å²) in [6.07, 6.45) is 3.98. The Morgan fingerprint density at radius 2 is 2.00 bits per heavy atom. The number of pyridine rings is 1. The van der Waals surface area contributed by atoms with Gasteiger partial charge in [-0.25, -0.2) is 9.97 Å². The van der Waals surface area contributed by atoms with Crippen LogP contribution in [0, 0.1) is 0 Å². The van der Waals surface area contributed by atoms with Crippen molar-refractivity contribution in [3.63, 3.8) is 0 Å². The molecule has 0 saturated heterocycles. The number of carbonyl (C=O) groups excluding carboxylic acids is 1. The van der Waals surface area contributed by atoms with Gasteiger partial charge in [0.2, 0.25) is 0 Å². The molecular weight excluding hydrogens is 394 g/mol. The summed E-state index contributed by atoms with van der Waals surface area (Å²) in [7, 11) is 1.97. The molecule has 0 aliphatic carbocycles. The van der Waals surface area contributed by atoms with Crippen LogP contribution in [0.3, 0.4) is 0 Å². The highest BCUT2D eigenvalue weighted by Crippen LogP contribution is 2.25. The monoisotopic (exact) mass is 409 g/mol. The predicted octanol–water partition coefficient (Wildman–Crippen LogP) is 3.36. The van der Waals surface area contributed by atoms with Crippen molar-refractivity contribution < 1.29 is 4.79 Å². The maximum atomic E-state index is 12.5. The molecule has 0 radical (unpaired) electrons. The average molecular weight is 410 g/mol. The smallest absolute Gasteiger partial charge is 0.272 e. The molecule has 130 valence electrons. The molecule has 0 fully saturated rings. The molecule has 2 aromatic heterocycles. The summed E-state index contributed by atoms with van der Waals surface area (Å²) in [5, 5.41) is 4.37. The molecule has 1 aliphatic heterocycles. The fourth-order valence-corrected chi connectivity index (χ4v) is 3.54. The van der Waals surface area contributed by atoms with Crippen LogP contribution in [0.2, 0.25) is 0 Å². The second kappa shape index (κ2) is 6.84. The van der Waals surface area contributed by atoms with Gasteiger partial charge >= 0.3 is 0 Å². The van der Waals surface area contributed by atoms with Crippen LogP contribution in [0.5, 0.6) is 0 Å². The molecule has 7 heteroatoms. The van der Waals surface area contributed by atoms with Crippen molar-refractivity contribution >= 4 is 27.5 Å². The number of fused-ring (bicyclic) bond motifs is 1. The van der Waals surface area contributed by atoms with Crippen LogP contribution < -0.4 is 4.90 Å². The zero-order valence-corrected chi connectivity index (χ0v) is 15.7. The first kappa shape index (κ1) is 16.7. The van der Waals surface area contributed by atoms with Gasteiger partial charge in [-0.2, -0.15) is 4.68 Å². The van der Waals surface area contributed by atoms with Crippen molar-refractivity contribution in [2.75, 3.05) is 18.5 Å². The summed E-state index contributed by atoms with van der Waals surface area (Å²) in [4.78, 5) is 23.3. The van der Waals surface area contributed by atoms with E-state index in [-0.39, 0.29) is 5.91 Å². The van der Waals surface area contributed by atoms with Gasteiger partial charge in [0.1, 0.15) is 10.4 Å². The summed E-state index contributed by atoms with van der Waals surface area (Å²) in [6.45, 7) is 0.615. The second-order valence-electron chi connectivity index (χ2n) is 6.12. The summed E-state index contributed by atoms with van der Waals surface area (Å²) in [6, 6.07) is 13.6. The molecule has 0 spiro atoms. The van der Waals surface area contributed by atoms with Crippen LogP contribution in [0.15, 0.2) is 64.9 Å². The molecule has 6 nitrogen and oxygen atoms in total. The summed E-state index contributed by atoms with van der Waals surface area (Å²) < 4.78 is 2.17. The summed E-state index contributed by atoms with van der Waals surface area (Å²) in [5.74, 6) is 1.09. The van der Waals surface area contributed by atoms with E-state index in [1.54, 1.807) is 12.3 Å². The van der Waals surface area contributed by atoms with Crippen LogP contribution in [0.1, 0.15) is 10.6 Å². The minimum absolute atomic E-state index is 0.158. The summed E-state index contributed by atoms with van der Waals surface area (Å²) >= 11 is 3.46. The van der Waals surface area contributed by atoms with Gasteiger partial charge in [-0.1, -0.05) is 30.3 Å². The Balaban J connectivity index is 1.56. The third kappa shape index (κ3) is 3.17. The van der Waals surface area contributed by atoms with E-state index in [4.69, 9.17) is 0 Å². The zero-order valence-electron chi connectivity index (χ0n) is 14.1. The highest BCUT2D eigenvalue weighted by molar-refractivity contribution is 9.10. The Labute approximate surface area is 159 Å². The van der Waals surface area contributed by atoms with Gasteiger partial charge in [0, 0.05) is 37.8 Å². The number of benzene rings is 1. The quantitative estimate of drug-likeness (QED) is 0.618. The molecule has 3 aromatic rings. The van der Waals surface area contributed by atoms with E-state index >= 15 is 0 Å². The maximum absolute atomic E-state index is 12.5. The van der Waals surface area contributed by atoms with Crippen molar-refractivity contribution in [3.05, 3.63) is 70.7 Å². The van der Waals surface area contributed by atoms with E-state index in [1.165, 1.54) is 4.68 Å². The third-order valence-electron chi connectivity index (χ3n) is 4.22. The zero-order chi connectivity index (χ0) is 18.1. The van der Waals surface area contributed by atoms with E-state index in [0.29, 0.717) is 24.6 Å². The number of aromatic nitrogens is 4. The topological polar surface area (TPSA) is 63.9 Å². The molecule has 0 N–H and O–H groups in total. The van der Waals surface area contributed by atoms with Gasteiger partial charge in [0.05, 0.1) is 5.69 Å². The highest BCUT2D eigenvalue weighted by atomic mass is 79.9. The number of likely N-dealkylation sites (N-methyl/N-ethyl adjacent to an activating group) is 1. The fraction of sp³-hybridized carbons (Fsp3) is 0.158. The number of carbonyl (C=O) groups is 1. The summed E-state index contributed by atoms with van der Waals surface area (Å²) in [5.41, 5.74) is 2.87. The molecule has 0 atom stereocenters.